The summed E-state index contributed by atoms with van der Waals surface area (Å²) >= 11 is 6.06. The third-order valence-corrected chi connectivity index (χ3v) is 9.68. The summed E-state index contributed by atoms with van der Waals surface area (Å²) in [7, 11) is 3.10. The highest BCUT2D eigenvalue weighted by atomic mass is 35.5. The van der Waals surface area contributed by atoms with E-state index in [0.29, 0.717) is 40.7 Å². The second-order valence-electron chi connectivity index (χ2n) is 13.4. The van der Waals surface area contributed by atoms with Gasteiger partial charge in [0.1, 0.15) is 11.5 Å². The molecule has 0 bridgehead atoms. The fourth-order valence-electron chi connectivity index (χ4n) is 6.15. The number of ether oxygens (including phenoxy) is 2. The Kier molecular flexibility index (Phi) is 14.5. The van der Waals surface area contributed by atoms with Crippen molar-refractivity contribution in [2.75, 3.05) is 14.2 Å². The van der Waals surface area contributed by atoms with E-state index >= 15 is 0 Å². The van der Waals surface area contributed by atoms with Crippen LogP contribution < -0.4 is 20.1 Å². The molecular weight excluding hydrogens is 762 g/mol. The number of hydrogen-bond donors (Lipinski definition) is 2. The Morgan fingerprint density at radius 1 is 0.509 bits per heavy atom. The van der Waals surface area contributed by atoms with Crippen LogP contribution in [0.15, 0.2) is 140 Å². The predicted molar refractivity (Wildman–Crippen MR) is 215 cm³/mol. The first kappa shape index (κ1) is 42.8. The Balaban J connectivity index is 0.000000218. The molecule has 0 saturated heterocycles. The van der Waals surface area contributed by atoms with Gasteiger partial charge in [-0.3, -0.25) is 0 Å². The van der Waals surface area contributed by atoms with Crippen LogP contribution in [0.25, 0.3) is 22.3 Å². The van der Waals surface area contributed by atoms with Crippen LogP contribution in [0.1, 0.15) is 59.3 Å². The molecule has 57 heavy (non-hydrogen) atoms. The standard InChI is InChI=1S/C23H21ClF3NO.C23H22F3NO/c1-15(18-4-3-5-20(24)13-18)28-14-16-6-11-22(29-2)21(12-16)17-7-9-19(10-8-17)23(25,26)27;1-16(18-6-4-3-5-7-18)27-15-17-8-13-22(28-2)21(14-17)19-9-11-20(12-10-19)23(24,25)26/h3-13,15,28H,14H2,1-2H3;3-14,16,27H,15H2,1-2H3/t15-;16-/m11/s1. The van der Waals surface area contributed by atoms with E-state index in [4.69, 9.17) is 21.1 Å². The van der Waals surface area contributed by atoms with Crippen molar-refractivity contribution in [2.45, 2.75) is 51.4 Å². The van der Waals surface area contributed by atoms with Crippen LogP contribution in [0.4, 0.5) is 26.3 Å². The zero-order chi connectivity index (χ0) is 41.2. The van der Waals surface area contributed by atoms with Crippen LogP contribution in [-0.4, -0.2) is 14.2 Å². The molecule has 11 heteroatoms. The molecule has 0 aromatic heterocycles. The average Bonchev–Trinajstić information content (AvgIpc) is 3.21. The highest BCUT2D eigenvalue weighted by Crippen LogP contribution is 2.36. The van der Waals surface area contributed by atoms with Gasteiger partial charge in [-0.15, -0.1) is 0 Å². The average molecular weight is 805 g/mol. The van der Waals surface area contributed by atoms with Gasteiger partial charge in [0.05, 0.1) is 25.3 Å². The zero-order valence-electron chi connectivity index (χ0n) is 31.8. The second-order valence-corrected chi connectivity index (χ2v) is 13.8. The monoisotopic (exact) mass is 804 g/mol. The molecule has 0 saturated carbocycles. The van der Waals surface area contributed by atoms with E-state index in [1.165, 1.54) is 29.8 Å². The molecule has 6 rings (SSSR count). The molecule has 0 radical (unpaired) electrons. The summed E-state index contributed by atoms with van der Waals surface area (Å²) in [5.74, 6) is 1.23. The molecule has 0 amide bonds. The van der Waals surface area contributed by atoms with E-state index in [1.807, 2.05) is 85.8 Å². The molecule has 0 aliphatic heterocycles. The molecule has 0 spiro atoms. The number of nitrogens with one attached hydrogen (secondary N) is 2. The molecule has 2 N–H and O–H groups in total. The first-order valence-electron chi connectivity index (χ1n) is 18.1. The second kappa shape index (κ2) is 19.2. The first-order chi connectivity index (χ1) is 27.2. The Morgan fingerprint density at radius 2 is 0.930 bits per heavy atom. The van der Waals surface area contributed by atoms with Gasteiger partial charge in [0.25, 0.3) is 0 Å². The Morgan fingerprint density at radius 3 is 1.33 bits per heavy atom. The maximum atomic E-state index is 12.8. The first-order valence-corrected chi connectivity index (χ1v) is 18.5. The molecular formula is C46H43ClF6N2O2. The molecule has 0 aliphatic carbocycles. The van der Waals surface area contributed by atoms with Gasteiger partial charge in [-0.1, -0.05) is 90.5 Å². The molecule has 6 aromatic carbocycles. The number of halogens is 7. The Labute approximate surface area is 334 Å². The van der Waals surface area contributed by atoms with Crippen LogP contribution in [0.3, 0.4) is 0 Å². The van der Waals surface area contributed by atoms with E-state index in [-0.39, 0.29) is 12.1 Å². The summed E-state index contributed by atoms with van der Waals surface area (Å²) < 4.78 is 87.7. The van der Waals surface area contributed by atoms with Crippen molar-refractivity contribution in [2.24, 2.45) is 0 Å². The maximum Gasteiger partial charge on any atom is 0.416 e. The van der Waals surface area contributed by atoms with Crippen LogP contribution in [0.5, 0.6) is 11.5 Å². The summed E-state index contributed by atoms with van der Waals surface area (Å²) in [4.78, 5) is 0. The van der Waals surface area contributed by atoms with Crippen molar-refractivity contribution in [1.29, 1.82) is 0 Å². The quantitative estimate of drug-likeness (QED) is 0.121. The minimum absolute atomic E-state index is 0.0883. The fourth-order valence-corrected chi connectivity index (χ4v) is 6.35. The minimum atomic E-state index is -4.36. The molecule has 298 valence electrons. The lowest BCUT2D eigenvalue weighted by Crippen LogP contribution is -2.18. The normalized spacial score (nSPS) is 12.6. The van der Waals surface area contributed by atoms with E-state index < -0.39 is 23.5 Å². The molecule has 6 aromatic rings. The number of methoxy groups -OCH3 is 2. The minimum Gasteiger partial charge on any atom is -0.496 e. The van der Waals surface area contributed by atoms with Crippen molar-refractivity contribution in [3.63, 3.8) is 0 Å². The molecule has 0 aliphatic rings. The van der Waals surface area contributed by atoms with Crippen molar-refractivity contribution in [3.8, 4) is 33.8 Å². The van der Waals surface area contributed by atoms with Gasteiger partial charge < -0.3 is 20.1 Å². The smallest absolute Gasteiger partial charge is 0.416 e. The SMILES string of the molecule is COc1ccc(CN[C@H](C)c2cccc(Cl)c2)cc1-c1ccc(C(F)(F)F)cc1.COc1ccc(CN[C@H](C)c2ccccc2)cc1-c1ccc(C(F)(F)F)cc1. The van der Waals surface area contributed by atoms with Gasteiger partial charge in [-0.05, 0) is 108 Å². The van der Waals surface area contributed by atoms with Crippen LogP contribution in [-0.2, 0) is 25.4 Å². The van der Waals surface area contributed by atoms with Crippen molar-refractivity contribution in [1.82, 2.24) is 10.6 Å². The summed E-state index contributed by atoms with van der Waals surface area (Å²) in [6, 6.07) is 39.7. The van der Waals surface area contributed by atoms with E-state index in [0.717, 1.165) is 52.1 Å². The summed E-state index contributed by atoms with van der Waals surface area (Å²) in [6.45, 7) is 5.36. The van der Waals surface area contributed by atoms with Crippen LogP contribution >= 0.6 is 11.6 Å². The van der Waals surface area contributed by atoms with Gasteiger partial charge >= 0.3 is 12.4 Å². The van der Waals surface area contributed by atoms with E-state index in [9.17, 15) is 26.3 Å². The Hall–Kier alpha value is -5.29. The third kappa shape index (κ3) is 11.9. The fraction of sp³-hybridized carbons (Fsp3) is 0.217. The lowest BCUT2D eigenvalue weighted by molar-refractivity contribution is -0.138. The van der Waals surface area contributed by atoms with Crippen molar-refractivity contribution < 1.29 is 35.8 Å². The third-order valence-electron chi connectivity index (χ3n) is 9.45. The van der Waals surface area contributed by atoms with Gasteiger partial charge in [0.15, 0.2) is 0 Å². The zero-order valence-corrected chi connectivity index (χ0v) is 32.6. The maximum absolute atomic E-state index is 12.8. The number of hydrogen-bond acceptors (Lipinski definition) is 4. The molecule has 0 unspecified atom stereocenters. The molecule has 0 heterocycles. The van der Waals surface area contributed by atoms with E-state index in [1.54, 1.807) is 14.2 Å². The predicted octanol–water partition coefficient (Wildman–Crippen LogP) is 13.1. The number of alkyl halides is 6. The largest absolute Gasteiger partial charge is 0.496 e. The highest BCUT2D eigenvalue weighted by Gasteiger charge is 2.31. The van der Waals surface area contributed by atoms with Gasteiger partial charge in [-0.25, -0.2) is 0 Å². The Bertz CT molecular complexity index is 2190. The van der Waals surface area contributed by atoms with Crippen LogP contribution in [0, 0.1) is 0 Å². The van der Waals surface area contributed by atoms with Gasteiger partial charge in [0.2, 0.25) is 0 Å². The number of benzene rings is 6. The summed E-state index contributed by atoms with van der Waals surface area (Å²) in [5, 5.41) is 7.60. The highest BCUT2D eigenvalue weighted by molar-refractivity contribution is 6.30. The molecule has 4 nitrogen and oxygen atoms in total. The lowest BCUT2D eigenvalue weighted by atomic mass is 10.00. The van der Waals surface area contributed by atoms with Crippen molar-refractivity contribution in [3.05, 3.63) is 178 Å². The molecule has 0 fully saturated rings. The van der Waals surface area contributed by atoms with E-state index in [2.05, 4.69) is 29.7 Å². The van der Waals surface area contributed by atoms with Gasteiger partial charge in [-0.2, -0.15) is 26.3 Å². The topological polar surface area (TPSA) is 42.5 Å². The van der Waals surface area contributed by atoms with Crippen molar-refractivity contribution >= 4 is 11.6 Å². The summed E-state index contributed by atoms with van der Waals surface area (Å²) in [6.07, 6.45) is -8.70. The van der Waals surface area contributed by atoms with Crippen LogP contribution in [0.2, 0.25) is 5.02 Å². The van der Waals surface area contributed by atoms with Gasteiger partial charge in [0, 0.05) is 41.3 Å². The lowest BCUT2D eigenvalue weighted by Gasteiger charge is -2.16. The number of rotatable bonds is 12. The summed E-state index contributed by atoms with van der Waals surface area (Å²) in [5.41, 5.74) is 5.82. The molecule has 2 atom stereocenters.